The van der Waals surface area contributed by atoms with E-state index in [0.717, 1.165) is 22.8 Å². The Kier molecular flexibility index (Phi) is 7.19. The fraction of sp³-hybridized carbons (Fsp3) is 0.310. The number of rotatable bonds is 8. The van der Waals surface area contributed by atoms with Crippen LogP contribution in [0.4, 0.5) is 18.9 Å². The first-order chi connectivity index (χ1) is 19.0. The molecule has 0 bridgehead atoms. The molecule has 4 aromatic rings. The SMILES string of the molecule is COc1cc2c(cc1OC)CN(CC(O)(c1cn(Cc3ccccc3)c3cc([N+](=O)[O-])ccc13)C(F)(F)F)CC2. The first kappa shape index (κ1) is 27.5. The van der Waals surface area contributed by atoms with Crippen molar-refractivity contribution in [3.8, 4) is 11.5 Å². The van der Waals surface area contributed by atoms with Crippen molar-refractivity contribution in [2.24, 2.45) is 0 Å². The standard InChI is InChI=1S/C29H28F3N3O5/c1-39-26-12-20-10-11-33(16-21(20)13-27(26)40-2)18-28(36,29(30,31)32)24-17-34(15-19-6-4-3-5-7-19)25-14-22(35(37)38)8-9-23(24)25/h3-9,12-14,17,36H,10-11,15-16,18H2,1-2H3. The first-order valence-corrected chi connectivity index (χ1v) is 12.6. The molecule has 1 N–H and O–H groups in total. The Hall–Kier alpha value is -4.09. The van der Waals surface area contributed by atoms with Gasteiger partial charge in [0, 0.05) is 55.5 Å². The molecule has 11 heteroatoms. The number of β-amino-alcohol motifs (C(OH)–C–C–N with tert-alkyl or cyclic N) is 1. The Labute approximate surface area is 228 Å². The lowest BCUT2D eigenvalue weighted by Gasteiger charge is -2.38. The summed E-state index contributed by atoms with van der Waals surface area (Å²) in [5, 5.41) is 23.1. The number of aromatic nitrogens is 1. The van der Waals surface area contributed by atoms with E-state index in [0.29, 0.717) is 17.9 Å². The van der Waals surface area contributed by atoms with Crippen molar-refractivity contribution in [3.05, 3.63) is 99.2 Å². The van der Waals surface area contributed by atoms with E-state index in [1.807, 2.05) is 24.3 Å². The predicted octanol–water partition coefficient (Wildman–Crippen LogP) is 5.42. The second kappa shape index (κ2) is 10.5. The number of nitro groups is 1. The van der Waals surface area contributed by atoms with Crippen molar-refractivity contribution >= 4 is 16.6 Å². The Bertz CT molecular complexity index is 1550. The van der Waals surface area contributed by atoms with Crippen LogP contribution in [0.5, 0.6) is 11.5 Å². The number of halogens is 3. The van der Waals surface area contributed by atoms with Crippen LogP contribution in [0.2, 0.25) is 0 Å². The third-order valence-corrected chi connectivity index (χ3v) is 7.44. The average molecular weight is 556 g/mol. The van der Waals surface area contributed by atoms with Gasteiger partial charge in [0.15, 0.2) is 11.5 Å². The number of ether oxygens (including phenoxy) is 2. The fourth-order valence-electron chi connectivity index (χ4n) is 5.36. The summed E-state index contributed by atoms with van der Waals surface area (Å²) in [6.07, 6.45) is -3.30. The molecule has 3 aromatic carbocycles. The van der Waals surface area contributed by atoms with E-state index in [4.69, 9.17) is 9.47 Å². The van der Waals surface area contributed by atoms with Crippen LogP contribution in [-0.4, -0.2) is 53.0 Å². The third kappa shape index (κ3) is 4.98. The van der Waals surface area contributed by atoms with Gasteiger partial charge in [-0.05, 0) is 41.3 Å². The molecule has 0 radical (unpaired) electrons. The summed E-state index contributed by atoms with van der Waals surface area (Å²) in [7, 11) is 3.01. The minimum Gasteiger partial charge on any atom is -0.493 e. The smallest absolute Gasteiger partial charge is 0.422 e. The van der Waals surface area contributed by atoms with Crippen LogP contribution in [-0.2, 0) is 25.1 Å². The van der Waals surface area contributed by atoms with E-state index in [9.17, 15) is 28.4 Å². The van der Waals surface area contributed by atoms with Crippen LogP contribution >= 0.6 is 0 Å². The minimum absolute atomic E-state index is 0.102. The quantitative estimate of drug-likeness (QED) is 0.231. The largest absolute Gasteiger partial charge is 0.493 e. The number of methoxy groups -OCH3 is 2. The molecule has 1 aliphatic rings. The number of fused-ring (bicyclic) bond motifs is 2. The van der Waals surface area contributed by atoms with E-state index in [-0.39, 0.29) is 41.8 Å². The molecule has 1 atom stereocenters. The van der Waals surface area contributed by atoms with Gasteiger partial charge < -0.3 is 19.1 Å². The summed E-state index contributed by atoms with van der Waals surface area (Å²) < 4.78 is 56.6. The number of hydrogen-bond acceptors (Lipinski definition) is 6. The number of alkyl halides is 3. The highest BCUT2D eigenvalue weighted by Gasteiger charge is 2.57. The maximum absolute atomic E-state index is 14.8. The van der Waals surface area contributed by atoms with E-state index in [1.165, 1.54) is 37.1 Å². The number of nitro benzene ring substituents is 1. The molecule has 0 spiro atoms. The normalized spacial score (nSPS) is 15.4. The molecule has 40 heavy (non-hydrogen) atoms. The Morgan fingerprint density at radius 1 is 1.00 bits per heavy atom. The van der Waals surface area contributed by atoms with Gasteiger partial charge in [0.25, 0.3) is 5.69 Å². The second-order valence-corrected chi connectivity index (χ2v) is 9.91. The maximum atomic E-state index is 14.8. The highest BCUT2D eigenvalue weighted by molar-refractivity contribution is 5.87. The summed E-state index contributed by atoms with van der Waals surface area (Å²) in [5.74, 6) is 1.02. The van der Waals surface area contributed by atoms with Gasteiger partial charge in [0.2, 0.25) is 5.60 Å². The Balaban J connectivity index is 1.57. The number of nitrogens with zero attached hydrogens (tertiary/aromatic N) is 3. The van der Waals surface area contributed by atoms with Crippen LogP contribution in [0, 0.1) is 10.1 Å². The van der Waals surface area contributed by atoms with Gasteiger partial charge in [-0.2, -0.15) is 13.2 Å². The fourth-order valence-corrected chi connectivity index (χ4v) is 5.36. The molecule has 1 unspecified atom stereocenters. The van der Waals surface area contributed by atoms with Crippen molar-refractivity contribution in [2.45, 2.75) is 31.3 Å². The van der Waals surface area contributed by atoms with Gasteiger partial charge in [-0.3, -0.25) is 15.0 Å². The van der Waals surface area contributed by atoms with E-state index < -0.39 is 23.2 Å². The van der Waals surface area contributed by atoms with Gasteiger partial charge in [0.1, 0.15) is 0 Å². The van der Waals surface area contributed by atoms with Crippen LogP contribution in [0.25, 0.3) is 10.9 Å². The maximum Gasteiger partial charge on any atom is 0.422 e. The van der Waals surface area contributed by atoms with Crippen LogP contribution in [0.1, 0.15) is 22.3 Å². The molecule has 0 amide bonds. The van der Waals surface area contributed by atoms with Crippen molar-refractivity contribution < 1.29 is 32.7 Å². The molecule has 1 aliphatic heterocycles. The summed E-state index contributed by atoms with van der Waals surface area (Å²) >= 11 is 0. The number of non-ortho nitro benzene ring substituents is 1. The second-order valence-electron chi connectivity index (χ2n) is 9.91. The number of benzene rings is 3. The summed E-state index contributed by atoms with van der Waals surface area (Å²) in [6, 6.07) is 16.3. The zero-order valence-electron chi connectivity index (χ0n) is 21.9. The first-order valence-electron chi connectivity index (χ1n) is 12.6. The van der Waals surface area contributed by atoms with E-state index >= 15 is 0 Å². The van der Waals surface area contributed by atoms with Gasteiger partial charge in [-0.1, -0.05) is 30.3 Å². The van der Waals surface area contributed by atoms with Crippen LogP contribution in [0.3, 0.4) is 0 Å². The lowest BCUT2D eigenvalue weighted by Crippen LogP contribution is -2.52. The van der Waals surface area contributed by atoms with Crippen LogP contribution in [0.15, 0.2) is 66.9 Å². The molecular formula is C29H28F3N3O5. The Morgan fingerprint density at radius 3 is 2.30 bits per heavy atom. The lowest BCUT2D eigenvalue weighted by atomic mass is 9.90. The van der Waals surface area contributed by atoms with E-state index in [1.54, 1.807) is 23.1 Å². The van der Waals surface area contributed by atoms with Gasteiger partial charge >= 0.3 is 6.18 Å². The van der Waals surface area contributed by atoms with Gasteiger partial charge in [0.05, 0.1) is 24.7 Å². The number of hydrogen-bond donors (Lipinski definition) is 1. The molecule has 0 saturated heterocycles. The molecule has 5 rings (SSSR count). The minimum atomic E-state index is -5.03. The molecule has 0 fully saturated rings. The van der Waals surface area contributed by atoms with Crippen LogP contribution < -0.4 is 9.47 Å². The topological polar surface area (TPSA) is 90.0 Å². The third-order valence-electron chi connectivity index (χ3n) is 7.44. The average Bonchev–Trinajstić information content (AvgIpc) is 3.30. The van der Waals surface area contributed by atoms with Gasteiger partial charge in [-0.25, -0.2) is 0 Å². The highest BCUT2D eigenvalue weighted by atomic mass is 19.4. The molecule has 2 heterocycles. The molecule has 8 nitrogen and oxygen atoms in total. The highest BCUT2D eigenvalue weighted by Crippen LogP contribution is 2.45. The monoisotopic (exact) mass is 555 g/mol. The molecular weight excluding hydrogens is 527 g/mol. The predicted molar refractivity (Wildman–Crippen MR) is 143 cm³/mol. The molecule has 0 saturated carbocycles. The van der Waals surface area contributed by atoms with Gasteiger partial charge in [-0.15, -0.1) is 0 Å². The lowest BCUT2D eigenvalue weighted by molar-refractivity contribution is -0.384. The summed E-state index contributed by atoms with van der Waals surface area (Å²) in [4.78, 5) is 12.4. The molecule has 0 aliphatic carbocycles. The van der Waals surface area contributed by atoms with Crippen molar-refractivity contribution in [3.63, 3.8) is 0 Å². The summed E-state index contributed by atoms with van der Waals surface area (Å²) in [5.41, 5.74) is -1.08. The van der Waals surface area contributed by atoms with Crippen molar-refractivity contribution in [1.29, 1.82) is 0 Å². The van der Waals surface area contributed by atoms with Crippen molar-refractivity contribution in [1.82, 2.24) is 9.47 Å². The van der Waals surface area contributed by atoms with Crippen molar-refractivity contribution in [2.75, 3.05) is 27.3 Å². The summed E-state index contributed by atoms with van der Waals surface area (Å²) in [6.45, 7) is -0.0892. The number of aliphatic hydroxyl groups is 1. The van der Waals surface area contributed by atoms with E-state index in [2.05, 4.69) is 0 Å². The molecule has 210 valence electrons. The zero-order valence-corrected chi connectivity index (χ0v) is 21.9. The Morgan fingerprint density at radius 2 is 1.68 bits per heavy atom. The zero-order chi connectivity index (χ0) is 28.7. The molecule has 1 aromatic heterocycles.